The second kappa shape index (κ2) is 9.38. The van der Waals surface area contributed by atoms with Gasteiger partial charge in [-0.05, 0) is 12.0 Å². The molecule has 0 spiro atoms. The molecule has 2 N–H and O–H groups in total. The number of carbonyl (C=O) groups is 3. The van der Waals surface area contributed by atoms with Crippen molar-refractivity contribution in [1.29, 1.82) is 0 Å². The number of nitrogens with zero attached hydrogens (tertiary/aromatic N) is 3. The Morgan fingerprint density at radius 1 is 1.07 bits per heavy atom. The fourth-order valence-corrected chi connectivity index (χ4v) is 3.17. The fraction of sp³-hybridized carbons (Fsp3) is 0.474. The number of hydrogen-bond acceptors (Lipinski definition) is 6. The van der Waals surface area contributed by atoms with Gasteiger partial charge in [0.05, 0.1) is 6.54 Å². The van der Waals surface area contributed by atoms with Crippen molar-refractivity contribution >= 4 is 24.1 Å². The van der Waals surface area contributed by atoms with Gasteiger partial charge in [-0.25, -0.2) is 4.79 Å². The monoisotopic (exact) mass is 371 g/mol. The first-order valence-corrected chi connectivity index (χ1v) is 9.28. The summed E-state index contributed by atoms with van der Waals surface area (Å²) >= 11 is 0. The molecule has 0 radical (unpaired) electrons. The number of amides is 4. The highest BCUT2D eigenvalue weighted by molar-refractivity contribution is 6.23. The number of urea groups is 1. The minimum absolute atomic E-state index is 0.229. The highest BCUT2D eigenvalue weighted by atomic mass is 16.2. The highest BCUT2D eigenvalue weighted by Crippen LogP contribution is 2.11. The van der Waals surface area contributed by atoms with Gasteiger partial charge in [-0.15, -0.1) is 0 Å². The number of benzene rings is 1. The Balaban J connectivity index is 1.54. The van der Waals surface area contributed by atoms with Crippen molar-refractivity contribution in [2.24, 2.45) is 10.9 Å². The SMILES string of the molecule is O=C1NC(=O)N(CCc2ccccc2)C(=O)[C@H]1C=NCCN1CCNCC1. The minimum Gasteiger partial charge on any atom is -0.314 e. The van der Waals surface area contributed by atoms with Crippen LogP contribution in [-0.4, -0.2) is 79.7 Å². The van der Waals surface area contributed by atoms with Crippen LogP contribution in [-0.2, 0) is 16.0 Å². The molecule has 27 heavy (non-hydrogen) atoms. The lowest BCUT2D eigenvalue weighted by atomic mass is 10.1. The fourth-order valence-electron chi connectivity index (χ4n) is 3.17. The number of hydrogen-bond donors (Lipinski definition) is 2. The van der Waals surface area contributed by atoms with E-state index in [9.17, 15) is 14.4 Å². The molecule has 2 aliphatic heterocycles. The van der Waals surface area contributed by atoms with Gasteiger partial charge in [0.15, 0.2) is 5.92 Å². The van der Waals surface area contributed by atoms with Gasteiger partial charge in [0.1, 0.15) is 0 Å². The van der Waals surface area contributed by atoms with Crippen molar-refractivity contribution in [1.82, 2.24) is 20.4 Å². The summed E-state index contributed by atoms with van der Waals surface area (Å²) in [5.41, 5.74) is 1.02. The zero-order chi connectivity index (χ0) is 19.1. The van der Waals surface area contributed by atoms with Crippen LogP contribution in [0.2, 0.25) is 0 Å². The molecular formula is C19H25N5O3. The van der Waals surface area contributed by atoms with Crippen molar-refractivity contribution in [3.8, 4) is 0 Å². The van der Waals surface area contributed by atoms with E-state index in [0.29, 0.717) is 13.0 Å². The van der Waals surface area contributed by atoms with E-state index in [4.69, 9.17) is 0 Å². The number of imide groups is 2. The summed E-state index contributed by atoms with van der Waals surface area (Å²) in [5.74, 6) is -2.15. The molecule has 1 aromatic carbocycles. The van der Waals surface area contributed by atoms with Crippen LogP contribution in [0.25, 0.3) is 0 Å². The Morgan fingerprint density at radius 2 is 1.81 bits per heavy atom. The predicted octanol–water partition coefficient (Wildman–Crippen LogP) is -0.100. The van der Waals surface area contributed by atoms with E-state index in [1.807, 2.05) is 30.3 Å². The molecule has 3 rings (SSSR count). The zero-order valence-corrected chi connectivity index (χ0v) is 15.3. The Hall–Kier alpha value is -2.58. The van der Waals surface area contributed by atoms with Gasteiger partial charge in [0.25, 0.3) is 0 Å². The number of aliphatic imine (C=N–C) groups is 1. The van der Waals surface area contributed by atoms with Crippen LogP contribution in [0.1, 0.15) is 5.56 Å². The Labute approximate surface area is 158 Å². The molecule has 2 aliphatic rings. The van der Waals surface area contributed by atoms with E-state index in [0.717, 1.165) is 43.2 Å². The van der Waals surface area contributed by atoms with E-state index >= 15 is 0 Å². The molecule has 1 aromatic rings. The molecule has 144 valence electrons. The molecule has 0 unspecified atom stereocenters. The average Bonchev–Trinajstić information content (AvgIpc) is 2.68. The lowest BCUT2D eigenvalue weighted by Crippen LogP contribution is -2.58. The van der Waals surface area contributed by atoms with Crippen LogP contribution < -0.4 is 10.6 Å². The summed E-state index contributed by atoms with van der Waals surface area (Å²) in [6.07, 6.45) is 1.92. The standard InChI is InChI=1S/C19H25N5O3/c25-17-16(14-21-9-13-23-11-7-20-8-12-23)18(26)24(19(27)22-17)10-6-15-4-2-1-3-5-15/h1-5,14,16,20H,6-13H2,(H,22,25,27)/t16-/m0/s1. The summed E-state index contributed by atoms with van der Waals surface area (Å²) in [6, 6.07) is 8.94. The van der Waals surface area contributed by atoms with Gasteiger partial charge < -0.3 is 5.32 Å². The number of piperazine rings is 1. The molecule has 0 aliphatic carbocycles. The number of carbonyl (C=O) groups excluding carboxylic acids is 3. The molecule has 0 bridgehead atoms. The maximum atomic E-state index is 12.6. The van der Waals surface area contributed by atoms with Gasteiger partial charge in [-0.1, -0.05) is 30.3 Å². The molecule has 8 heteroatoms. The van der Waals surface area contributed by atoms with E-state index in [-0.39, 0.29) is 6.54 Å². The summed E-state index contributed by atoms with van der Waals surface area (Å²) < 4.78 is 0. The molecule has 2 heterocycles. The second-order valence-electron chi connectivity index (χ2n) is 6.64. The van der Waals surface area contributed by atoms with Crippen molar-refractivity contribution in [3.05, 3.63) is 35.9 Å². The Bertz CT molecular complexity index is 701. The first kappa shape index (κ1) is 19.2. The highest BCUT2D eigenvalue weighted by Gasteiger charge is 2.39. The molecule has 0 saturated carbocycles. The van der Waals surface area contributed by atoms with Crippen molar-refractivity contribution < 1.29 is 14.4 Å². The van der Waals surface area contributed by atoms with Crippen LogP contribution in [0.5, 0.6) is 0 Å². The lowest BCUT2D eigenvalue weighted by molar-refractivity contribution is -0.139. The summed E-state index contributed by atoms with van der Waals surface area (Å²) in [4.78, 5) is 44.3. The summed E-state index contributed by atoms with van der Waals surface area (Å²) in [6.45, 7) is 5.41. The van der Waals surface area contributed by atoms with E-state index in [1.54, 1.807) is 0 Å². The first-order valence-electron chi connectivity index (χ1n) is 9.28. The quantitative estimate of drug-likeness (QED) is 0.516. The average molecular weight is 371 g/mol. The molecule has 2 fully saturated rings. The van der Waals surface area contributed by atoms with Gasteiger partial charge >= 0.3 is 6.03 Å². The third-order valence-corrected chi connectivity index (χ3v) is 4.77. The predicted molar refractivity (Wildman–Crippen MR) is 102 cm³/mol. The van der Waals surface area contributed by atoms with Crippen LogP contribution >= 0.6 is 0 Å². The smallest absolute Gasteiger partial charge is 0.314 e. The van der Waals surface area contributed by atoms with Gasteiger partial charge in [0.2, 0.25) is 11.8 Å². The van der Waals surface area contributed by atoms with E-state index < -0.39 is 23.8 Å². The second-order valence-corrected chi connectivity index (χ2v) is 6.64. The van der Waals surface area contributed by atoms with Crippen molar-refractivity contribution in [3.63, 3.8) is 0 Å². The maximum absolute atomic E-state index is 12.6. The van der Waals surface area contributed by atoms with Crippen LogP contribution in [0.3, 0.4) is 0 Å². The molecule has 4 amide bonds. The van der Waals surface area contributed by atoms with Crippen LogP contribution in [0.15, 0.2) is 35.3 Å². The third kappa shape index (κ3) is 5.21. The normalized spacial score (nSPS) is 21.7. The first-order chi connectivity index (χ1) is 13.1. The van der Waals surface area contributed by atoms with E-state index in [1.165, 1.54) is 6.21 Å². The Morgan fingerprint density at radius 3 is 2.56 bits per heavy atom. The van der Waals surface area contributed by atoms with Crippen LogP contribution in [0, 0.1) is 5.92 Å². The molecule has 0 aromatic heterocycles. The zero-order valence-electron chi connectivity index (χ0n) is 15.3. The number of nitrogens with one attached hydrogen (secondary N) is 2. The van der Waals surface area contributed by atoms with Gasteiger partial charge in [-0.2, -0.15) is 0 Å². The topological polar surface area (TPSA) is 94.1 Å². The summed E-state index contributed by atoms with van der Waals surface area (Å²) in [7, 11) is 0. The van der Waals surface area contributed by atoms with Gasteiger partial charge in [0, 0.05) is 45.5 Å². The largest absolute Gasteiger partial charge is 0.330 e. The Kier molecular flexibility index (Phi) is 6.67. The third-order valence-electron chi connectivity index (χ3n) is 4.77. The van der Waals surface area contributed by atoms with Gasteiger partial charge in [-0.3, -0.25) is 29.7 Å². The minimum atomic E-state index is -1.04. The molecule has 1 atom stereocenters. The summed E-state index contributed by atoms with van der Waals surface area (Å²) in [5, 5.41) is 5.54. The molecular weight excluding hydrogens is 346 g/mol. The van der Waals surface area contributed by atoms with Crippen LogP contribution in [0.4, 0.5) is 4.79 Å². The van der Waals surface area contributed by atoms with E-state index in [2.05, 4.69) is 20.5 Å². The number of barbiturate groups is 1. The van der Waals surface area contributed by atoms with Crippen molar-refractivity contribution in [2.75, 3.05) is 45.8 Å². The number of rotatable bonds is 7. The maximum Gasteiger partial charge on any atom is 0.330 e. The molecule has 8 nitrogen and oxygen atoms in total. The lowest BCUT2D eigenvalue weighted by Gasteiger charge is -2.28. The van der Waals surface area contributed by atoms with Crippen molar-refractivity contribution in [2.45, 2.75) is 6.42 Å². The molecule has 2 saturated heterocycles.